The minimum Gasteiger partial charge on any atom is -0.481 e. The van der Waals surface area contributed by atoms with Gasteiger partial charge in [-0.05, 0) is 62.5 Å². The van der Waals surface area contributed by atoms with Gasteiger partial charge in [0.05, 0.1) is 25.0 Å². The molecule has 7 atom stereocenters. The summed E-state index contributed by atoms with van der Waals surface area (Å²) in [7, 11) is -16.5. The Hall–Kier alpha value is -4.10. The number of phosphoric ester groups is 3. The summed E-state index contributed by atoms with van der Waals surface area (Å²) in [5.41, 5.74) is 5.46. The van der Waals surface area contributed by atoms with Gasteiger partial charge in [-0.1, -0.05) is 58.4 Å². The number of ketones is 1. The Morgan fingerprint density at radius 1 is 0.930 bits per heavy atom. The van der Waals surface area contributed by atoms with E-state index in [-0.39, 0.29) is 48.7 Å². The maximum atomic E-state index is 13.1. The van der Waals surface area contributed by atoms with Gasteiger partial charge in [0.1, 0.15) is 42.0 Å². The van der Waals surface area contributed by atoms with E-state index in [1.54, 1.807) is 0 Å². The summed E-state index contributed by atoms with van der Waals surface area (Å²) in [5, 5.41) is 36.0. The number of phosphoric acid groups is 3. The van der Waals surface area contributed by atoms with Crippen molar-refractivity contribution in [3.63, 3.8) is 0 Å². The first-order chi connectivity index (χ1) is 33.0. The van der Waals surface area contributed by atoms with E-state index in [4.69, 9.17) is 19.5 Å². The number of aliphatic hydroxyl groups excluding tert-OH is 2. The van der Waals surface area contributed by atoms with Gasteiger partial charge in [0, 0.05) is 36.8 Å². The molecule has 3 aromatic rings. The third-order valence-corrected chi connectivity index (χ3v) is 15.5. The summed E-state index contributed by atoms with van der Waals surface area (Å²) in [6.07, 6.45) is 0.124. The Bertz CT molecular complexity index is 2520. The lowest BCUT2D eigenvalue weighted by Gasteiger charge is -2.30. The largest absolute Gasteiger partial charge is 0.481 e. The van der Waals surface area contributed by atoms with Crippen LogP contribution in [0.2, 0.25) is 0 Å². The predicted molar refractivity (Wildman–Crippen MR) is 249 cm³/mol. The van der Waals surface area contributed by atoms with Crippen molar-refractivity contribution in [2.24, 2.45) is 16.2 Å². The number of hydrogen-bond donors (Lipinski definition) is 10. The van der Waals surface area contributed by atoms with Gasteiger partial charge in [-0.15, -0.1) is 0 Å². The SMILES string of the molecule is CC(C)(CCCc1cccc(CCCCC2(C(=O)O)CC2)c1)C(=O)CCNC(=O)CCNC(=O)C(O)C(C)(C)COP(=O)(O)OP(=O)(O)OCC1OC(n2cnc3c(N)ncnc32)C(O)C1OP(=O)(O)O. The van der Waals surface area contributed by atoms with Crippen molar-refractivity contribution < 1.29 is 90.4 Å². The fraction of sp³-hybridized carbons (Fsp3) is 0.643. The van der Waals surface area contributed by atoms with Crippen molar-refractivity contribution in [3.05, 3.63) is 48.0 Å². The Kier molecular flexibility index (Phi) is 19.4. The Labute approximate surface area is 408 Å². The number of imidazole rings is 1. The van der Waals surface area contributed by atoms with Crippen molar-refractivity contribution in [1.82, 2.24) is 30.2 Å². The lowest BCUT2D eigenvalue weighted by Crippen LogP contribution is -2.46. The standard InChI is InChI=1S/C42H64N7O19P3/c1-40(2,15-8-12-27-11-7-10-26(21-27)9-5-6-16-42(17-18-42)39(55)56)29(50)13-19-44-30(51)14-20-45-37(54)34(53)41(3,4)23-65-71(62,63)68-70(60,61)64-22-28-33(67-69(57,58)59)32(52)38(66-28)49-25-48-31-35(43)46-24-47-36(31)49/h7,10-11,21,24-25,28,32-34,38,52-53H,5-6,8-9,12-20,22-23H2,1-4H3,(H,44,51)(H,45,54)(H,55,56)(H,60,61)(H,62,63)(H2,43,46,47)(H2,57,58,59). The van der Waals surface area contributed by atoms with E-state index >= 15 is 0 Å². The summed E-state index contributed by atoms with van der Waals surface area (Å²) in [6, 6.07) is 8.29. The maximum absolute atomic E-state index is 13.1. The second kappa shape index (κ2) is 23.8. The van der Waals surface area contributed by atoms with Gasteiger partial charge in [-0.25, -0.2) is 28.6 Å². The van der Waals surface area contributed by atoms with Crippen LogP contribution in [0, 0.1) is 16.2 Å². The van der Waals surface area contributed by atoms with Gasteiger partial charge in [-0.2, -0.15) is 4.31 Å². The molecule has 0 spiro atoms. The average Bonchev–Trinajstić information content (AvgIpc) is 3.86. The number of unbranched alkanes of at least 4 members (excludes halogenated alkanes) is 1. The molecule has 1 aliphatic carbocycles. The summed E-state index contributed by atoms with van der Waals surface area (Å²) < 4.78 is 62.6. The molecule has 29 heteroatoms. The molecule has 1 saturated carbocycles. The molecule has 26 nitrogen and oxygen atoms in total. The van der Waals surface area contributed by atoms with E-state index < -0.39 is 101 Å². The molecule has 1 aromatic carbocycles. The molecule has 71 heavy (non-hydrogen) atoms. The van der Waals surface area contributed by atoms with Gasteiger partial charge in [0.15, 0.2) is 17.7 Å². The van der Waals surface area contributed by atoms with Gasteiger partial charge >= 0.3 is 29.4 Å². The first-order valence-corrected chi connectivity index (χ1v) is 27.3. The third-order valence-electron chi connectivity index (χ3n) is 12.4. The normalized spacial score (nSPS) is 21.3. The molecule has 3 heterocycles. The fourth-order valence-electron chi connectivity index (χ4n) is 7.92. The average molecular weight is 1060 g/mol. The van der Waals surface area contributed by atoms with E-state index in [2.05, 4.69) is 52.6 Å². The van der Waals surface area contributed by atoms with Crippen LogP contribution in [0.4, 0.5) is 5.82 Å². The quantitative estimate of drug-likeness (QED) is 0.0339. The molecule has 11 N–H and O–H groups in total. The number of aromatic nitrogens is 4. The van der Waals surface area contributed by atoms with Crippen LogP contribution in [0.1, 0.15) is 103 Å². The monoisotopic (exact) mass is 1060 g/mol. The van der Waals surface area contributed by atoms with Crippen LogP contribution in [-0.4, -0.2) is 129 Å². The smallest absolute Gasteiger partial charge is 0.481 e. The zero-order valence-corrected chi connectivity index (χ0v) is 42.4. The molecule has 2 aliphatic rings. The number of rotatable bonds is 30. The van der Waals surface area contributed by atoms with Crippen LogP contribution >= 0.6 is 23.5 Å². The number of carboxylic acids is 1. The second-order valence-corrected chi connectivity index (χ2v) is 23.3. The highest BCUT2D eigenvalue weighted by Crippen LogP contribution is 2.61. The van der Waals surface area contributed by atoms with Crippen LogP contribution in [0.25, 0.3) is 11.2 Å². The summed E-state index contributed by atoms with van der Waals surface area (Å²) in [4.78, 5) is 101. The molecule has 2 fully saturated rings. The van der Waals surface area contributed by atoms with E-state index in [1.807, 2.05) is 19.9 Å². The number of benzene rings is 1. The number of Topliss-reactive ketones (excluding diaryl/α,β-unsaturated/α-hetero) is 1. The van der Waals surface area contributed by atoms with Crippen LogP contribution in [0.5, 0.6) is 0 Å². The summed E-state index contributed by atoms with van der Waals surface area (Å²) in [5.74, 6) is -2.25. The minimum absolute atomic E-state index is 0.0242. The topological polar surface area (TPSA) is 401 Å². The summed E-state index contributed by atoms with van der Waals surface area (Å²) >= 11 is 0. The molecule has 2 amide bonds. The molecule has 0 bridgehead atoms. The van der Waals surface area contributed by atoms with E-state index in [0.717, 1.165) is 67.7 Å². The number of hydrogen-bond acceptors (Lipinski definition) is 18. The second-order valence-electron chi connectivity index (χ2n) is 19.1. The first kappa shape index (κ1) is 57.8. The van der Waals surface area contributed by atoms with E-state index in [1.165, 1.54) is 19.4 Å². The highest BCUT2D eigenvalue weighted by atomic mass is 31.3. The number of nitrogens with two attached hydrogens (primary N) is 1. The van der Waals surface area contributed by atoms with Crippen LogP contribution in [0.15, 0.2) is 36.9 Å². The zero-order valence-electron chi connectivity index (χ0n) is 39.7. The number of anilines is 1. The van der Waals surface area contributed by atoms with Gasteiger partial charge in [0.25, 0.3) is 0 Å². The number of nitrogen functional groups attached to an aromatic ring is 1. The lowest BCUT2D eigenvalue weighted by molar-refractivity contribution is -0.143. The van der Waals surface area contributed by atoms with Gasteiger partial charge in [-0.3, -0.25) is 37.3 Å². The number of aliphatic hydroxyl groups is 2. The van der Waals surface area contributed by atoms with Crippen molar-refractivity contribution in [1.29, 1.82) is 0 Å². The molecule has 0 radical (unpaired) electrons. The molecule has 1 aliphatic heterocycles. The summed E-state index contributed by atoms with van der Waals surface area (Å²) in [6.45, 7) is 4.00. The Morgan fingerprint density at radius 2 is 1.58 bits per heavy atom. The first-order valence-electron chi connectivity index (χ1n) is 22.8. The predicted octanol–water partition coefficient (Wildman–Crippen LogP) is 2.99. The van der Waals surface area contributed by atoms with Crippen molar-refractivity contribution in [2.75, 3.05) is 32.0 Å². The van der Waals surface area contributed by atoms with E-state index in [9.17, 15) is 67.8 Å². The number of amides is 2. The number of nitrogens with zero attached hydrogens (tertiary/aromatic N) is 4. The molecule has 1 saturated heterocycles. The molecule has 7 unspecified atom stereocenters. The third kappa shape index (κ3) is 16.7. The van der Waals surface area contributed by atoms with Gasteiger partial charge < -0.3 is 56.0 Å². The Morgan fingerprint density at radius 3 is 2.23 bits per heavy atom. The van der Waals surface area contributed by atoms with Crippen molar-refractivity contribution in [3.8, 4) is 0 Å². The Balaban J connectivity index is 0.983. The fourth-order valence-corrected chi connectivity index (χ4v) is 10.8. The number of aryl methyl sites for hydroxylation is 2. The van der Waals surface area contributed by atoms with Crippen molar-refractivity contribution >= 4 is 64.0 Å². The number of carboxylic acid groups (broad SMARTS) is 1. The molecular formula is C42H64N7O19P3. The number of carbonyl (C=O) groups is 4. The number of fused-ring (bicyclic) bond motifs is 1. The number of nitrogens with one attached hydrogen (secondary N) is 2. The van der Waals surface area contributed by atoms with Crippen LogP contribution < -0.4 is 16.4 Å². The highest BCUT2D eigenvalue weighted by molar-refractivity contribution is 7.61. The van der Waals surface area contributed by atoms with Gasteiger partial charge in [0.2, 0.25) is 11.8 Å². The number of carbonyl (C=O) groups excluding carboxylic acids is 3. The lowest BCUT2D eigenvalue weighted by atomic mass is 9.81. The molecule has 5 rings (SSSR count). The number of ether oxygens (including phenoxy) is 1. The minimum atomic E-state index is -5.60. The molecular weight excluding hydrogens is 999 g/mol. The van der Waals surface area contributed by atoms with Crippen LogP contribution in [0.3, 0.4) is 0 Å². The van der Waals surface area contributed by atoms with Crippen molar-refractivity contribution in [2.45, 2.75) is 129 Å². The highest BCUT2D eigenvalue weighted by Gasteiger charge is 2.51. The van der Waals surface area contributed by atoms with E-state index in [0.29, 0.717) is 12.8 Å². The van der Waals surface area contributed by atoms with Crippen LogP contribution in [-0.2, 0) is 68.3 Å². The molecule has 396 valence electrons. The number of aliphatic carboxylic acids is 1. The molecule has 2 aromatic heterocycles. The maximum Gasteiger partial charge on any atom is 0.481 e. The zero-order chi connectivity index (χ0) is 52.6.